The van der Waals surface area contributed by atoms with Gasteiger partial charge >= 0.3 is 0 Å². The number of hydrogen-bond donors (Lipinski definition) is 1. The van der Waals surface area contributed by atoms with Crippen LogP contribution in [0.2, 0.25) is 0 Å². The summed E-state index contributed by atoms with van der Waals surface area (Å²) in [5, 5.41) is 0. The Morgan fingerprint density at radius 3 is 2.43 bits per heavy atom. The molecule has 6 atom stereocenters. The van der Waals surface area contributed by atoms with Crippen LogP contribution in [0.25, 0.3) is 0 Å². The summed E-state index contributed by atoms with van der Waals surface area (Å²) in [5.41, 5.74) is 10.8. The minimum absolute atomic E-state index is 0.283. The Kier molecular flexibility index (Phi) is 5.28. The van der Waals surface area contributed by atoms with E-state index in [0.717, 1.165) is 17.4 Å². The molecular weight excluding hydrogens is 338 g/mol. The van der Waals surface area contributed by atoms with Crippen LogP contribution in [0.4, 0.5) is 0 Å². The first-order valence-electron chi connectivity index (χ1n) is 11.1. The minimum atomic E-state index is 0.283. The first-order chi connectivity index (χ1) is 13.4. The molecule has 0 saturated heterocycles. The van der Waals surface area contributed by atoms with Crippen LogP contribution >= 0.6 is 0 Å². The van der Waals surface area contributed by atoms with Crippen LogP contribution in [0.1, 0.15) is 63.0 Å². The van der Waals surface area contributed by atoms with Crippen molar-refractivity contribution >= 4 is 0 Å². The third-order valence-electron chi connectivity index (χ3n) is 8.07. The van der Waals surface area contributed by atoms with Gasteiger partial charge in [0, 0.05) is 11.6 Å². The fraction of sp³-hybridized carbons (Fsp3) is 0.556. The van der Waals surface area contributed by atoms with Gasteiger partial charge in [-0.05, 0) is 79.6 Å². The van der Waals surface area contributed by atoms with Crippen LogP contribution < -0.4 is 5.73 Å². The maximum atomic E-state index is 6.62. The molecule has 1 heteroatoms. The van der Waals surface area contributed by atoms with Crippen LogP contribution in [0.15, 0.2) is 48.1 Å². The molecule has 2 N–H and O–H groups in total. The standard InChI is InChI=1S/C27H35N/c1-5-19-8-11-21(14-19)24-15-23(20-9-6-18(2)7-10-20)16-25(24)22-12-13-27(3,4)26(28)17-22/h1,6-11,14,21-26H,12-13,15-17,28H2,2-4H3. The number of aryl methyl sites for hydroxylation is 1. The molecule has 3 aliphatic carbocycles. The summed E-state index contributed by atoms with van der Waals surface area (Å²) >= 11 is 0. The Morgan fingerprint density at radius 2 is 1.79 bits per heavy atom. The molecule has 148 valence electrons. The Balaban J connectivity index is 1.58. The molecule has 1 nitrogen and oxygen atoms in total. The molecular formula is C27H35N. The number of benzene rings is 1. The van der Waals surface area contributed by atoms with Crippen molar-refractivity contribution in [1.29, 1.82) is 0 Å². The van der Waals surface area contributed by atoms with Gasteiger partial charge in [-0.15, -0.1) is 6.42 Å². The summed E-state index contributed by atoms with van der Waals surface area (Å²) < 4.78 is 0. The highest BCUT2D eigenvalue weighted by Gasteiger charge is 2.45. The second-order valence-corrected chi connectivity index (χ2v) is 10.2. The summed E-state index contributed by atoms with van der Waals surface area (Å²) in [6.45, 7) is 6.86. The van der Waals surface area contributed by atoms with Gasteiger partial charge in [0.05, 0.1) is 0 Å². The van der Waals surface area contributed by atoms with Gasteiger partial charge in [-0.2, -0.15) is 0 Å². The van der Waals surface area contributed by atoms with Crippen LogP contribution in [-0.4, -0.2) is 6.04 Å². The zero-order valence-electron chi connectivity index (χ0n) is 17.7. The largest absolute Gasteiger partial charge is 0.327 e. The van der Waals surface area contributed by atoms with Gasteiger partial charge in [-0.1, -0.05) is 67.8 Å². The molecule has 0 aliphatic heterocycles. The van der Waals surface area contributed by atoms with Crippen molar-refractivity contribution < 1.29 is 0 Å². The van der Waals surface area contributed by atoms with Gasteiger partial charge in [0.1, 0.15) is 0 Å². The lowest BCUT2D eigenvalue weighted by molar-refractivity contribution is 0.0990. The van der Waals surface area contributed by atoms with Crippen molar-refractivity contribution in [2.45, 2.75) is 64.8 Å². The predicted octanol–water partition coefficient (Wildman–Crippen LogP) is 6.00. The number of hydrogen-bond acceptors (Lipinski definition) is 1. The van der Waals surface area contributed by atoms with E-state index < -0.39 is 0 Å². The second kappa shape index (κ2) is 7.57. The number of terminal acetylenes is 1. The highest BCUT2D eigenvalue weighted by atomic mass is 14.7. The van der Waals surface area contributed by atoms with Crippen molar-refractivity contribution in [1.82, 2.24) is 0 Å². The summed E-state index contributed by atoms with van der Waals surface area (Å²) in [4.78, 5) is 0. The number of rotatable bonds is 3. The van der Waals surface area contributed by atoms with Gasteiger partial charge in [-0.3, -0.25) is 0 Å². The topological polar surface area (TPSA) is 26.0 Å². The van der Waals surface area contributed by atoms with Gasteiger partial charge in [0.25, 0.3) is 0 Å². The lowest BCUT2D eigenvalue weighted by Gasteiger charge is -2.43. The third-order valence-corrected chi connectivity index (χ3v) is 8.07. The minimum Gasteiger partial charge on any atom is -0.327 e. The van der Waals surface area contributed by atoms with Gasteiger partial charge in [0.15, 0.2) is 0 Å². The molecule has 3 aliphatic rings. The van der Waals surface area contributed by atoms with Crippen LogP contribution in [0, 0.1) is 48.4 Å². The quantitative estimate of drug-likeness (QED) is 0.646. The fourth-order valence-electron chi connectivity index (χ4n) is 5.99. The second-order valence-electron chi connectivity index (χ2n) is 10.2. The van der Waals surface area contributed by atoms with E-state index in [-0.39, 0.29) is 5.41 Å². The van der Waals surface area contributed by atoms with Gasteiger partial charge < -0.3 is 5.73 Å². The maximum absolute atomic E-state index is 6.62. The molecule has 28 heavy (non-hydrogen) atoms. The van der Waals surface area contributed by atoms with Crippen LogP contribution in [0.3, 0.4) is 0 Å². The monoisotopic (exact) mass is 373 g/mol. The third kappa shape index (κ3) is 3.72. The van der Waals surface area contributed by atoms with Crippen molar-refractivity contribution in [3.63, 3.8) is 0 Å². The zero-order valence-corrected chi connectivity index (χ0v) is 17.7. The fourth-order valence-corrected chi connectivity index (χ4v) is 5.99. The molecule has 2 saturated carbocycles. The molecule has 6 unspecified atom stereocenters. The van der Waals surface area contributed by atoms with E-state index in [4.69, 9.17) is 12.2 Å². The first-order valence-corrected chi connectivity index (χ1v) is 11.1. The number of nitrogens with two attached hydrogens (primary N) is 1. The normalized spacial score (nSPS) is 36.9. The van der Waals surface area contributed by atoms with E-state index >= 15 is 0 Å². The predicted molar refractivity (Wildman–Crippen MR) is 119 cm³/mol. The lowest BCUT2D eigenvalue weighted by Crippen LogP contribution is -2.44. The van der Waals surface area contributed by atoms with Gasteiger partial charge in [-0.25, -0.2) is 0 Å². The molecule has 2 fully saturated rings. The van der Waals surface area contributed by atoms with Crippen LogP contribution in [-0.2, 0) is 0 Å². The maximum Gasteiger partial charge on any atom is 0.0205 e. The molecule has 0 spiro atoms. The molecule has 0 bridgehead atoms. The van der Waals surface area contributed by atoms with E-state index in [9.17, 15) is 0 Å². The molecule has 0 radical (unpaired) electrons. The average Bonchev–Trinajstić information content (AvgIpc) is 3.31. The number of allylic oxidation sites excluding steroid dienone is 4. The molecule has 0 amide bonds. The van der Waals surface area contributed by atoms with Crippen LogP contribution in [0.5, 0.6) is 0 Å². The Bertz CT molecular complexity index is 804. The van der Waals surface area contributed by atoms with Crippen molar-refractivity contribution in [3.05, 3.63) is 59.2 Å². The Labute approximate surface area is 171 Å². The Hall–Kier alpha value is -1.78. The van der Waals surface area contributed by atoms with Crippen molar-refractivity contribution in [2.24, 2.45) is 34.8 Å². The molecule has 4 rings (SSSR count). The summed E-state index contributed by atoms with van der Waals surface area (Å²) in [6.07, 6.45) is 18.8. The highest BCUT2D eigenvalue weighted by Crippen LogP contribution is 2.54. The average molecular weight is 374 g/mol. The van der Waals surface area contributed by atoms with Crippen molar-refractivity contribution in [2.75, 3.05) is 0 Å². The molecule has 0 heterocycles. The van der Waals surface area contributed by atoms with E-state index in [2.05, 4.69) is 69.2 Å². The highest BCUT2D eigenvalue weighted by molar-refractivity contribution is 5.42. The van der Waals surface area contributed by atoms with E-state index in [0.29, 0.717) is 23.8 Å². The van der Waals surface area contributed by atoms with E-state index in [1.807, 2.05) is 0 Å². The lowest BCUT2D eigenvalue weighted by atomic mass is 9.64. The van der Waals surface area contributed by atoms with E-state index in [1.54, 1.807) is 0 Å². The first kappa shape index (κ1) is 19.5. The Morgan fingerprint density at radius 1 is 1.07 bits per heavy atom. The summed E-state index contributed by atoms with van der Waals surface area (Å²) in [6, 6.07) is 9.55. The smallest absolute Gasteiger partial charge is 0.0205 e. The molecule has 1 aromatic rings. The summed E-state index contributed by atoms with van der Waals surface area (Å²) in [5.74, 6) is 6.18. The summed E-state index contributed by atoms with van der Waals surface area (Å²) in [7, 11) is 0. The van der Waals surface area contributed by atoms with Crippen molar-refractivity contribution in [3.8, 4) is 12.3 Å². The molecule has 1 aromatic carbocycles. The zero-order chi connectivity index (χ0) is 19.9. The SMILES string of the molecule is C#CC1=CC(C2CC(c3ccc(C)cc3)CC2C2CCC(C)(C)C(N)C2)C=C1. The van der Waals surface area contributed by atoms with Gasteiger partial charge in [0.2, 0.25) is 0 Å². The van der Waals surface area contributed by atoms with E-state index in [1.165, 1.54) is 43.2 Å². The molecule has 0 aromatic heterocycles.